The van der Waals surface area contributed by atoms with Crippen LogP contribution in [0.15, 0.2) is 59.9 Å². The lowest BCUT2D eigenvalue weighted by Crippen LogP contribution is -2.13. The van der Waals surface area contributed by atoms with Crippen LogP contribution in [0.3, 0.4) is 0 Å². The van der Waals surface area contributed by atoms with Crippen LogP contribution in [0.1, 0.15) is 0 Å². The first-order valence-corrected chi connectivity index (χ1v) is 7.89. The summed E-state index contributed by atoms with van der Waals surface area (Å²) in [6, 6.07) is 9.85. The van der Waals surface area contributed by atoms with Gasteiger partial charge in [0.25, 0.3) is 10.0 Å². The maximum atomic E-state index is 12.4. The summed E-state index contributed by atoms with van der Waals surface area (Å²) in [5, 5.41) is 1.75. The minimum Gasteiger partial charge on any atom is -0.279 e. The number of sulfonamides is 1. The Labute approximate surface area is 126 Å². The van der Waals surface area contributed by atoms with Crippen LogP contribution in [0, 0.1) is 0 Å². The number of rotatable bonds is 3. The molecule has 0 amide bonds. The van der Waals surface area contributed by atoms with Crippen molar-refractivity contribution in [2.24, 2.45) is 0 Å². The van der Waals surface area contributed by atoms with Gasteiger partial charge in [-0.3, -0.25) is 9.71 Å². The third kappa shape index (κ3) is 2.81. The second kappa shape index (κ2) is 5.31. The van der Waals surface area contributed by atoms with Crippen LogP contribution in [0.4, 0.5) is 5.69 Å². The van der Waals surface area contributed by atoms with E-state index >= 15 is 0 Å². The monoisotopic (exact) mass is 319 g/mol. The van der Waals surface area contributed by atoms with Gasteiger partial charge in [-0.2, -0.15) is 0 Å². The summed E-state index contributed by atoms with van der Waals surface area (Å²) < 4.78 is 27.3. The molecule has 21 heavy (non-hydrogen) atoms. The molecule has 0 saturated heterocycles. The van der Waals surface area contributed by atoms with Gasteiger partial charge < -0.3 is 0 Å². The zero-order valence-electron chi connectivity index (χ0n) is 10.7. The number of benzene rings is 1. The van der Waals surface area contributed by atoms with E-state index in [-0.39, 0.29) is 10.0 Å². The standard InChI is InChI=1S/C14H10ClN3O2S/c15-14-8-11(5-7-17-14)21(19,20)18-13-3-1-2-10-4-6-16-9-12(10)13/h1-9,18H. The first-order valence-electron chi connectivity index (χ1n) is 6.03. The van der Waals surface area contributed by atoms with Gasteiger partial charge in [-0.05, 0) is 29.7 Å². The van der Waals surface area contributed by atoms with Gasteiger partial charge in [-0.15, -0.1) is 0 Å². The molecule has 0 aliphatic heterocycles. The Balaban J connectivity index is 2.06. The van der Waals surface area contributed by atoms with Crippen molar-refractivity contribution in [1.82, 2.24) is 9.97 Å². The Morgan fingerprint density at radius 3 is 2.76 bits per heavy atom. The highest BCUT2D eigenvalue weighted by Crippen LogP contribution is 2.25. The SMILES string of the molecule is O=S(=O)(Nc1cccc2ccncc12)c1ccnc(Cl)c1. The number of aromatic nitrogens is 2. The van der Waals surface area contributed by atoms with Crippen molar-refractivity contribution in [1.29, 1.82) is 0 Å². The Bertz CT molecular complexity index is 907. The number of anilines is 1. The molecule has 0 bridgehead atoms. The molecule has 0 radical (unpaired) electrons. The summed E-state index contributed by atoms with van der Waals surface area (Å²) in [5.74, 6) is 0. The summed E-state index contributed by atoms with van der Waals surface area (Å²) in [7, 11) is -3.73. The number of hydrogen-bond acceptors (Lipinski definition) is 4. The zero-order chi connectivity index (χ0) is 14.9. The van der Waals surface area contributed by atoms with Crippen LogP contribution >= 0.6 is 11.6 Å². The quantitative estimate of drug-likeness (QED) is 0.753. The molecule has 0 spiro atoms. The molecule has 0 saturated carbocycles. The zero-order valence-corrected chi connectivity index (χ0v) is 12.3. The number of pyridine rings is 2. The molecule has 0 fully saturated rings. The minimum atomic E-state index is -3.73. The topological polar surface area (TPSA) is 72.0 Å². The van der Waals surface area contributed by atoms with Crippen LogP contribution in [0.25, 0.3) is 10.8 Å². The van der Waals surface area contributed by atoms with Crippen molar-refractivity contribution in [2.75, 3.05) is 4.72 Å². The van der Waals surface area contributed by atoms with E-state index in [4.69, 9.17) is 11.6 Å². The Kier molecular flexibility index (Phi) is 3.48. The molecule has 7 heteroatoms. The van der Waals surface area contributed by atoms with Crippen LogP contribution in [-0.4, -0.2) is 18.4 Å². The van der Waals surface area contributed by atoms with Crippen LogP contribution in [-0.2, 0) is 10.0 Å². The van der Waals surface area contributed by atoms with Crippen LogP contribution in [0.5, 0.6) is 0 Å². The molecule has 0 unspecified atom stereocenters. The second-order valence-electron chi connectivity index (χ2n) is 4.32. The Hall–Kier alpha value is -2.18. The molecule has 5 nitrogen and oxygen atoms in total. The molecule has 0 aliphatic rings. The van der Waals surface area contributed by atoms with Gasteiger partial charge in [0.2, 0.25) is 0 Å². The molecule has 2 heterocycles. The highest BCUT2D eigenvalue weighted by Gasteiger charge is 2.16. The lowest BCUT2D eigenvalue weighted by Gasteiger charge is -2.10. The number of nitrogens with one attached hydrogen (secondary N) is 1. The lowest BCUT2D eigenvalue weighted by atomic mass is 10.1. The van der Waals surface area contributed by atoms with E-state index in [2.05, 4.69) is 14.7 Å². The predicted molar refractivity (Wildman–Crippen MR) is 81.8 cm³/mol. The molecule has 106 valence electrons. The van der Waals surface area contributed by atoms with Crippen molar-refractivity contribution in [3.63, 3.8) is 0 Å². The summed E-state index contributed by atoms with van der Waals surface area (Å²) in [4.78, 5) is 7.86. The third-order valence-corrected chi connectivity index (χ3v) is 4.51. The molecule has 2 aromatic heterocycles. The number of fused-ring (bicyclic) bond motifs is 1. The fourth-order valence-corrected chi connectivity index (χ4v) is 3.29. The normalized spacial score (nSPS) is 11.5. The van der Waals surface area contributed by atoms with Gasteiger partial charge in [0.05, 0.1) is 10.6 Å². The van der Waals surface area contributed by atoms with E-state index in [1.807, 2.05) is 12.1 Å². The fourth-order valence-electron chi connectivity index (χ4n) is 1.96. The first-order chi connectivity index (χ1) is 10.1. The van der Waals surface area contributed by atoms with E-state index in [0.717, 1.165) is 10.8 Å². The summed E-state index contributed by atoms with van der Waals surface area (Å²) in [6.07, 6.45) is 4.62. The highest BCUT2D eigenvalue weighted by molar-refractivity contribution is 7.92. The minimum absolute atomic E-state index is 0.0587. The third-order valence-electron chi connectivity index (χ3n) is 2.94. The van der Waals surface area contributed by atoms with Gasteiger partial charge in [0.1, 0.15) is 5.15 Å². The molecular weight excluding hydrogens is 310 g/mol. The highest BCUT2D eigenvalue weighted by atomic mass is 35.5. The van der Waals surface area contributed by atoms with Crippen molar-refractivity contribution < 1.29 is 8.42 Å². The largest absolute Gasteiger partial charge is 0.279 e. The molecule has 0 atom stereocenters. The van der Waals surface area contributed by atoms with E-state index in [9.17, 15) is 8.42 Å². The fraction of sp³-hybridized carbons (Fsp3) is 0. The second-order valence-corrected chi connectivity index (χ2v) is 6.39. The Morgan fingerprint density at radius 1 is 1.10 bits per heavy atom. The molecule has 3 aromatic rings. The van der Waals surface area contributed by atoms with E-state index < -0.39 is 10.0 Å². The van der Waals surface area contributed by atoms with Gasteiger partial charge in [-0.1, -0.05) is 23.7 Å². The lowest BCUT2D eigenvalue weighted by molar-refractivity contribution is 0.601. The Morgan fingerprint density at radius 2 is 1.95 bits per heavy atom. The summed E-state index contributed by atoms with van der Waals surface area (Å²) >= 11 is 5.74. The molecular formula is C14H10ClN3O2S. The van der Waals surface area contributed by atoms with Gasteiger partial charge >= 0.3 is 0 Å². The number of nitrogens with zero attached hydrogens (tertiary/aromatic N) is 2. The van der Waals surface area contributed by atoms with Crippen molar-refractivity contribution in [3.05, 3.63) is 60.1 Å². The van der Waals surface area contributed by atoms with Crippen LogP contribution < -0.4 is 4.72 Å². The van der Waals surface area contributed by atoms with E-state index in [0.29, 0.717) is 5.69 Å². The molecule has 1 N–H and O–H groups in total. The molecule has 0 aliphatic carbocycles. The average molecular weight is 320 g/mol. The maximum Gasteiger partial charge on any atom is 0.262 e. The number of hydrogen-bond donors (Lipinski definition) is 1. The predicted octanol–water partition coefficient (Wildman–Crippen LogP) is 3.08. The summed E-state index contributed by atoms with van der Waals surface area (Å²) in [6.45, 7) is 0. The summed E-state index contributed by atoms with van der Waals surface area (Å²) in [5.41, 5.74) is 0.466. The average Bonchev–Trinajstić information content (AvgIpc) is 2.47. The maximum absolute atomic E-state index is 12.4. The van der Waals surface area contributed by atoms with Crippen LogP contribution in [0.2, 0.25) is 5.15 Å². The van der Waals surface area contributed by atoms with E-state index in [1.54, 1.807) is 24.5 Å². The van der Waals surface area contributed by atoms with Gasteiger partial charge in [0, 0.05) is 24.0 Å². The smallest absolute Gasteiger partial charge is 0.262 e. The van der Waals surface area contributed by atoms with Gasteiger partial charge in [0.15, 0.2) is 0 Å². The first kappa shape index (κ1) is 13.8. The van der Waals surface area contributed by atoms with Crippen molar-refractivity contribution in [3.8, 4) is 0 Å². The molecule has 1 aromatic carbocycles. The van der Waals surface area contributed by atoms with Crippen molar-refractivity contribution in [2.45, 2.75) is 4.90 Å². The van der Waals surface area contributed by atoms with E-state index in [1.165, 1.54) is 18.3 Å². The van der Waals surface area contributed by atoms with Crippen molar-refractivity contribution >= 4 is 38.1 Å². The molecule has 3 rings (SSSR count). The number of halogens is 1. The van der Waals surface area contributed by atoms with Gasteiger partial charge in [-0.25, -0.2) is 13.4 Å².